The van der Waals surface area contributed by atoms with E-state index in [-0.39, 0.29) is 30.0 Å². The molecule has 1 aromatic carbocycles. The third kappa shape index (κ3) is 7.95. The monoisotopic (exact) mass is 565 g/mol. The molecule has 1 aliphatic heterocycles. The summed E-state index contributed by atoms with van der Waals surface area (Å²) in [5, 5.41) is 7.35. The normalized spacial score (nSPS) is 16.2. The second kappa shape index (κ2) is 12.8. The number of ether oxygens (including phenoxy) is 1. The Kier molecular flexibility index (Phi) is 10.5. The fourth-order valence-electron chi connectivity index (χ4n) is 3.26. The lowest BCUT2D eigenvalue weighted by atomic mass is 10.2. The highest BCUT2D eigenvalue weighted by Crippen LogP contribution is 2.25. The number of benzene rings is 1. The molecule has 10 heteroatoms. The topological polar surface area (TPSA) is 61.8 Å². The zero-order chi connectivity index (χ0) is 21.3. The predicted octanol–water partition coefficient (Wildman–Crippen LogP) is 4.33. The van der Waals surface area contributed by atoms with Gasteiger partial charge in [0, 0.05) is 31.9 Å². The minimum Gasteiger partial charge on any atom is -0.488 e. The van der Waals surface area contributed by atoms with E-state index in [1.807, 2.05) is 25.1 Å². The molecule has 1 aromatic heterocycles. The van der Waals surface area contributed by atoms with Crippen LogP contribution in [0.1, 0.15) is 18.9 Å². The van der Waals surface area contributed by atoms with Gasteiger partial charge >= 0.3 is 0 Å². The number of halogens is 4. The number of hydrogen-bond acceptors (Lipinski definition) is 4. The van der Waals surface area contributed by atoms with Gasteiger partial charge in [-0.15, -0.1) is 24.0 Å². The Labute approximate surface area is 203 Å². The van der Waals surface area contributed by atoms with Crippen LogP contribution >= 0.6 is 35.6 Å². The van der Waals surface area contributed by atoms with Crippen LogP contribution in [0, 0.1) is 0 Å². The second-order valence-corrected chi connectivity index (χ2v) is 7.34. The number of guanidine groups is 1. The molecule has 2 N–H and O–H groups in total. The van der Waals surface area contributed by atoms with E-state index in [1.165, 1.54) is 0 Å². The Morgan fingerprint density at radius 2 is 2.19 bits per heavy atom. The van der Waals surface area contributed by atoms with E-state index in [1.54, 1.807) is 24.4 Å². The van der Waals surface area contributed by atoms with E-state index in [4.69, 9.17) is 16.3 Å². The largest absolute Gasteiger partial charge is 0.488 e. The van der Waals surface area contributed by atoms with Gasteiger partial charge in [-0.3, -0.25) is 0 Å². The van der Waals surface area contributed by atoms with Gasteiger partial charge < -0.3 is 20.3 Å². The summed E-state index contributed by atoms with van der Waals surface area (Å²) in [7, 11) is 0. The first-order valence-electron chi connectivity index (χ1n) is 9.95. The molecule has 1 unspecified atom stereocenters. The first-order valence-corrected chi connectivity index (χ1v) is 10.3. The molecular formula is C21H27ClF2IN5O. The number of nitrogens with one attached hydrogen (secondary N) is 2. The van der Waals surface area contributed by atoms with Crippen LogP contribution in [-0.4, -0.2) is 49.7 Å². The van der Waals surface area contributed by atoms with Gasteiger partial charge in [-0.05, 0) is 43.2 Å². The van der Waals surface area contributed by atoms with E-state index in [0.717, 1.165) is 37.4 Å². The fourth-order valence-corrected chi connectivity index (χ4v) is 3.50. The Balaban J connectivity index is 0.00000341. The van der Waals surface area contributed by atoms with Crippen LogP contribution in [0.25, 0.3) is 0 Å². The maximum atomic E-state index is 12.3. The number of rotatable bonds is 8. The standard InChI is InChI=1S/C21H26ClF2N5O.HI/c1-2-25-21(27-12-15-5-3-6-17(11-15)30-14-19(23)24)28-16-8-10-29(13-16)20-18(22)7-4-9-26-20;/h3-7,9,11,16,19H,2,8,10,12-14H2,1H3,(H2,25,27,28);1H. The maximum absolute atomic E-state index is 12.3. The summed E-state index contributed by atoms with van der Waals surface area (Å²) in [5.74, 6) is 1.92. The summed E-state index contributed by atoms with van der Waals surface area (Å²) >= 11 is 6.27. The molecule has 31 heavy (non-hydrogen) atoms. The zero-order valence-corrected chi connectivity index (χ0v) is 20.3. The van der Waals surface area contributed by atoms with Crippen molar-refractivity contribution in [3.05, 3.63) is 53.2 Å². The summed E-state index contributed by atoms with van der Waals surface area (Å²) in [5.41, 5.74) is 0.882. The molecule has 2 aromatic rings. The number of hydrogen-bond donors (Lipinski definition) is 2. The van der Waals surface area contributed by atoms with Crippen molar-refractivity contribution < 1.29 is 13.5 Å². The molecule has 0 aliphatic carbocycles. The van der Waals surface area contributed by atoms with E-state index >= 15 is 0 Å². The molecule has 170 valence electrons. The van der Waals surface area contributed by atoms with Crippen LogP contribution < -0.4 is 20.3 Å². The molecule has 1 atom stereocenters. The Bertz CT molecular complexity index is 858. The van der Waals surface area contributed by atoms with Crippen molar-refractivity contribution in [1.29, 1.82) is 0 Å². The highest BCUT2D eigenvalue weighted by molar-refractivity contribution is 14.0. The zero-order valence-electron chi connectivity index (χ0n) is 17.2. The lowest BCUT2D eigenvalue weighted by Gasteiger charge is -2.20. The number of aliphatic imine (C=N–C) groups is 1. The van der Waals surface area contributed by atoms with Crippen molar-refractivity contribution in [3.8, 4) is 5.75 Å². The first-order chi connectivity index (χ1) is 14.5. The third-order valence-electron chi connectivity index (χ3n) is 4.61. The fraction of sp³-hybridized carbons (Fsp3) is 0.429. The number of pyridine rings is 1. The van der Waals surface area contributed by atoms with Gasteiger partial charge in [-0.25, -0.2) is 18.8 Å². The van der Waals surface area contributed by atoms with E-state index in [0.29, 0.717) is 23.3 Å². The van der Waals surface area contributed by atoms with Crippen molar-refractivity contribution in [2.75, 3.05) is 31.1 Å². The summed E-state index contributed by atoms with van der Waals surface area (Å²) in [6.45, 7) is 4.16. The van der Waals surface area contributed by atoms with Crippen LogP contribution in [-0.2, 0) is 6.54 Å². The van der Waals surface area contributed by atoms with Gasteiger partial charge in [0.1, 0.15) is 18.2 Å². The highest BCUT2D eigenvalue weighted by atomic mass is 127. The van der Waals surface area contributed by atoms with Crippen molar-refractivity contribution >= 4 is 47.4 Å². The van der Waals surface area contributed by atoms with Crippen molar-refractivity contribution in [2.24, 2.45) is 4.99 Å². The molecule has 0 spiro atoms. The van der Waals surface area contributed by atoms with Crippen LogP contribution in [0.4, 0.5) is 14.6 Å². The molecule has 1 fully saturated rings. The quantitative estimate of drug-likeness (QED) is 0.284. The van der Waals surface area contributed by atoms with Crippen molar-refractivity contribution in [3.63, 3.8) is 0 Å². The van der Waals surface area contributed by atoms with Crippen LogP contribution in [0.15, 0.2) is 47.6 Å². The van der Waals surface area contributed by atoms with Crippen molar-refractivity contribution in [2.45, 2.75) is 32.4 Å². The third-order valence-corrected chi connectivity index (χ3v) is 4.90. The van der Waals surface area contributed by atoms with E-state index < -0.39 is 13.0 Å². The van der Waals surface area contributed by atoms with Gasteiger partial charge in [0.15, 0.2) is 5.96 Å². The lowest BCUT2D eigenvalue weighted by Crippen LogP contribution is -2.44. The van der Waals surface area contributed by atoms with Crippen LogP contribution in [0.2, 0.25) is 5.02 Å². The smallest absolute Gasteiger partial charge is 0.272 e. The van der Waals surface area contributed by atoms with E-state index in [9.17, 15) is 8.78 Å². The van der Waals surface area contributed by atoms with E-state index in [2.05, 4.69) is 25.5 Å². The average molecular weight is 566 g/mol. The van der Waals surface area contributed by atoms with Gasteiger partial charge in [0.25, 0.3) is 6.43 Å². The average Bonchev–Trinajstić information content (AvgIpc) is 3.19. The van der Waals surface area contributed by atoms with Crippen LogP contribution in [0.3, 0.4) is 0 Å². The second-order valence-electron chi connectivity index (χ2n) is 6.93. The molecule has 0 saturated carbocycles. The van der Waals surface area contributed by atoms with Gasteiger partial charge in [-0.2, -0.15) is 0 Å². The molecule has 1 saturated heterocycles. The summed E-state index contributed by atoms with van der Waals surface area (Å²) in [4.78, 5) is 11.2. The molecule has 2 heterocycles. The number of nitrogens with zero attached hydrogens (tertiary/aromatic N) is 3. The van der Waals surface area contributed by atoms with Gasteiger partial charge in [0.05, 0.1) is 11.6 Å². The van der Waals surface area contributed by atoms with Gasteiger partial charge in [-0.1, -0.05) is 23.7 Å². The Hall–Kier alpha value is -1.88. The number of alkyl halides is 2. The molecule has 1 aliphatic rings. The predicted molar refractivity (Wildman–Crippen MR) is 131 cm³/mol. The SMILES string of the molecule is CCNC(=NCc1cccc(OCC(F)F)c1)NC1CCN(c2ncccc2Cl)C1.I. The number of aromatic nitrogens is 1. The van der Waals surface area contributed by atoms with Crippen molar-refractivity contribution in [1.82, 2.24) is 15.6 Å². The van der Waals surface area contributed by atoms with Crippen LogP contribution in [0.5, 0.6) is 5.75 Å². The molecule has 0 radical (unpaired) electrons. The molecule has 0 bridgehead atoms. The number of anilines is 1. The molecule has 6 nitrogen and oxygen atoms in total. The van der Waals surface area contributed by atoms with Gasteiger partial charge in [0.2, 0.25) is 0 Å². The highest BCUT2D eigenvalue weighted by Gasteiger charge is 2.25. The maximum Gasteiger partial charge on any atom is 0.272 e. The summed E-state index contributed by atoms with van der Waals surface area (Å²) < 4.78 is 29.7. The molecule has 0 amide bonds. The first kappa shape index (κ1) is 25.4. The summed E-state index contributed by atoms with van der Waals surface area (Å²) in [6.07, 6.45) is 0.184. The minimum absolute atomic E-state index is 0. The minimum atomic E-state index is -2.50. The Morgan fingerprint density at radius 1 is 1.35 bits per heavy atom. The lowest BCUT2D eigenvalue weighted by molar-refractivity contribution is 0.0818. The molecule has 3 rings (SSSR count). The Morgan fingerprint density at radius 3 is 2.94 bits per heavy atom. The molecular weight excluding hydrogens is 539 g/mol. The summed E-state index contributed by atoms with van der Waals surface area (Å²) in [6, 6.07) is 10.9.